The van der Waals surface area contributed by atoms with Crippen molar-refractivity contribution in [3.63, 3.8) is 0 Å². The molecule has 15 heavy (non-hydrogen) atoms. The summed E-state index contributed by atoms with van der Waals surface area (Å²) in [4.78, 5) is 20.5. The molecular weight excluding hydrogens is 210 g/mol. The lowest BCUT2D eigenvalue weighted by Gasteiger charge is -2.26. The maximum atomic E-state index is 10.3. The Kier molecular flexibility index (Phi) is 5.79. The van der Waals surface area contributed by atoms with Crippen LogP contribution in [-0.4, -0.2) is 63.8 Å². The second-order valence-electron chi connectivity index (χ2n) is 2.80. The van der Waals surface area contributed by atoms with Gasteiger partial charge in [-0.15, -0.1) is 0 Å². The zero-order valence-corrected chi connectivity index (χ0v) is 7.68. The monoisotopic (exact) mass is 223 g/mol. The van der Waals surface area contributed by atoms with Gasteiger partial charge in [-0.05, 0) is 0 Å². The number of carboxylic acid groups (broad SMARTS) is 1. The molecule has 0 radical (unpaired) electrons. The molecule has 0 aliphatic rings. The Bertz CT molecular complexity index is 221. The molecule has 0 aliphatic carbocycles. The first kappa shape index (κ1) is 13.8. The van der Waals surface area contributed by atoms with E-state index >= 15 is 0 Å². The third kappa shape index (κ3) is 4.21. The van der Waals surface area contributed by atoms with E-state index in [1.807, 2.05) is 0 Å². The molecule has 0 aromatic carbocycles. The highest BCUT2D eigenvalue weighted by Crippen LogP contribution is 2.07. The van der Waals surface area contributed by atoms with Crippen LogP contribution in [0.5, 0.6) is 0 Å². The van der Waals surface area contributed by atoms with Crippen molar-refractivity contribution in [1.29, 1.82) is 0 Å². The summed E-state index contributed by atoms with van der Waals surface area (Å²) in [7, 11) is 0. The van der Waals surface area contributed by atoms with Crippen LogP contribution in [-0.2, 0) is 9.53 Å². The van der Waals surface area contributed by atoms with E-state index in [4.69, 9.17) is 21.1 Å². The smallest absolute Gasteiger partial charge is 0.450 e. The third-order valence-corrected chi connectivity index (χ3v) is 1.69. The summed E-state index contributed by atoms with van der Waals surface area (Å²) in [6.45, 7) is -0.813. The minimum absolute atomic E-state index is 0.168. The molecule has 6 N–H and O–H groups in total. The molecule has 0 saturated carbocycles. The maximum Gasteiger partial charge on any atom is 0.506 e. The van der Waals surface area contributed by atoms with Gasteiger partial charge in [-0.25, -0.2) is 4.79 Å². The van der Waals surface area contributed by atoms with Crippen molar-refractivity contribution in [2.45, 2.75) is 24.4 Å². The molecule has 88 valence electrons. The highest BCUT2D eigenvalue weighted by Gasteiger charge is 2.34. The van der Waals surface area contributed by atoms with Crippen molar-refractivity contribution in [2.24, 2.45) is 5.73 Å². The van der Waals surface area contributed by atoms with Gasteiger partial charge in [-0.3, -0.25) is 0 Å². The highest BCUT2D eigenvalue weighted by molar-refractivity contribution is 5.61. The summed E-state index contributed by atoms with van der Waals surface area (Å²) >= 11 is 0. The Morgan fingerprint density at radius 3 is 2.33 bits per heavy atom. The van der Waals surface area contributed by atoms with Gasteiger partial charge in [0.15, 0.2) is 6.10 Å². The molecule has 0 bridgehead atoms. The van der Waals surface area contributed by atoms with E-state index < -0.39 is 37.1 Å². The van der Waals surface area contributed by atoms with Crippen molar-refractivity contribution in [3.8, 4) is 0 Å². The third-order valence-electron chi connectivity index (χ3n) is 1.69. The lowest BCUT2D eigenvalue weighted by atomic mass is 10.0. The van der Waals surface area contributed by atoms with Crippen molar-refractivity contribution >= 4 is 12.4 Å². The quantitative estimate of drug-likeness (QED) is 0.241. The van der Waals surface area contributed by atoms with Crippen LogP contribution in [0.2, 0.25) is 0 Å². The Hall–Kier alpha value is -1.22. The molecule has 0 aromatic heterocycles. The minimum Gasteiger partial charge on any atom is -0.450 e. The molecule has 0 rings (SSSR count). The fraction of sp³-hybridized carbons (Fsp3) is 0.714. The first-order chi connectivity index (χ1) is 6.93. The zero-order chi connectivity index (χ0) is 12.0. The first-order valence-corrected chi connectivity index (χ1v) is 4.01. The number of ether oxygens (including phenoxy) is 1. The Morgan fingerprint density at radius 2 is 2.00 bits per heavy atom. The number of aliphatic hydroxyl groups excluding tert-OH is 3. The molecule has 8 heteroatoms. The van der Waals surface area contributed by atoms with Gasteiger partial charge in [0.25, 0.3) is 0 Å². The fourth-order valence-electron chi connectivity index (χ4n) is 0.897. The van der Waals surface area contributed by atoms with Crippen molar-refractivity contribution in [3.05, 3.63) is 0 Å². The maximum absolute atomic E-state index is 10.3. The van der Waals surface area contributed by atoms with Gasteiger partial charge >= 0.3 is 6.16 Å². The van der Waals surface area contributed by atoms with E-state index in [1.165, 1.54) is 0 Å². The number of nitrogens with two attached hydrogens (primary N) is 1. The van der Waals surface area contributed by atoms with E-state index in [-0.39, 0.29) is 6.29 Å². The SMILES string of the molecule is N[C@@H](C=O)[C@@H](OC(=O)O)[C@H](O)[C@H](O)CO. The summed E-state index contributed by atoms with van der Waals surface area (Å²) in [6.07, 6.45) is -6.61. The number of carbonyl (C=O) groups is 2. The zero-order valence-electron chi connectivity index (χ0n) is 7.68. The van der Waals surface area contributed by atoms with Crippen molar-refractivity contribution in [2.75, 3.05) is 6.61 Å². The number of rotatable bonds is 6. The average Bonchev–Trinajstić information content (AvgIpc) is 2.22. The Balaban J connectivity index is 4.60. The van der Waals surface area contributed by atoms with Gasteiger partial charge in [0.1, 0.15) is 24.5 Å². The average molecular weight is 223 g/mol. The molecule has 0 saturated heterocycles. The lowest BCUT2D eigenvalue weighted by molar-refractivity contribution is -0.120. The van der Waals surface area contributed by atoms with Gasteiger partial charge < -0.3 is 35.7 Å². The van der Waals surface area contributed by atoms with Crippen LogP contribution in [0.4, 0.5) is 4.79 Å². The summed E-state index contributed by atoms with van der Waals surface area (Å²) in [5.41, 5.74) is 5.15. The van der Waals surface area contributed by atoms with E-state index in [9.17, 15) is 14.7 Å². The van der Waals surface area contributed by atoms with Crippen LogP contribution < -0.4 is 5.73 Å². The Morgan fingerprint density at radius 1 is 1.47 bits per heavy atom. The number of carbonyl (C=O) groups excluding carboxylic acids is 1. The fourth-order valence-corrected chi connectivity index (χ4v) is 0.897. The predicted molar refractivity (Wildman–Crippen MR) is 46.0 cm³/mol. The number of aldehydes is 1. The largest absolute Gasteiger partial charge is 0.506 e. The summed E-state index contributed by atoms with van der Waals surface area (Å²) in [6, 6.07) is -1.42. The second kappa shape index (κ2) is 6.30. The van der Waals surface area contributed by atoms with Gasteiger partial charge in [-0.2, -0.15) is 0 Å². The van der Waals surface area contributed by atoms with Crippen LogP contribution >= 0.6 is 0 Å². The molecule has 0 spiro atoms. The normalized spacial score (nSPS) is 18.7. The molecular formula is C7H13NO7. The number of hydrogen-bond acceptors (Lipinski definition) is 7. The summed E-state index contributed by atoms with van der Waals surface area (Å²) in [5, 5.41) is 35.1. The molecule has 0 aliphatic heterocycles. The van der Waals surface area contributed by atoms with E-state index in [2.05, 4.69) is 4.74 Å². The van der Waals surface area contributed by atoms with Gasteiger partial charge in [0.2, 0.25) is 0 Å². The molecule has 0 aromatic rings. The summed E-state index contributed by atoms with van der Waals surface area (Å²) in [5.74, 6) is 0. The molecule has 0 amide bonds. The standard InChI is InChI=1S/C7H13NO7/c8-3(1-9)6(15-7(13)14)5(12)4(11)2-10/h1,3-6,10-12H,2,8H2,(H,13,14)/t3-,4+,5+,6+/m0/s1. The van der Waals surface area contributed by atoms with Crippen molar-refractivity contribution in [1.82, 2.24) is 0 Å². The van der Waals surface area contributed by atoms with Crippen LogP contribution in [0.15, 0.2) is 0 Å². The van der Waals surface area contributed by atoms with E-state index in [1.54, 1.807) is 0 Å². The van der Waals surface area contributed by atoms with E-state index in [0.29, 0.717) is 0 Å². The molecule has 0 fully saturated rings. The number of aliphatic hydroxyl groups is 3. The van der Waals surface area contributed by atoms with Gasteiger partial charge in [-0.1, -0.05) is 0 Å². The molecule has 4 atom stereocenters. The number of hydrogen-bond donors (Lipinski definition) is 5. The second-order valence-corrected chi connectivity index (χ2v) is 2.80. The van der Waals surface area contributed by atoms with E-state index in [0.717, 1.165) is 0 Å². The lowest BCUT2D eigenvalue weighted by Crippen LogP contribution is -2.52. The van der Waals surface area contributed by atoms with Gasteiger partial charge in [0, 0.05) is 0 Å². The van der Waals surface area contributed by atoms with Crippen LogP contribution in [0.1, 0.15) is 0 Å². The topological polar surface area (TPSA) is 150 Å². The highest BCUT2D eigenvalue weighted by atomic mass is 16.7. The predicted octanol–water partition coefficient (Wildman–Crippen LogP) is -2.71. The van der Waals surface area contributed by atoms with Crippen LogP contribution in [0.3, 0.4) is 0 Å². The molecule has 0 unspecified atom stereocenters. The van der Waals surface area contributed by atoms with Crippen molar-refractivity contribution < 1.29 is 34.8 Å². The Labute approximate surface area is 84.9 Å². The van der Waals surface area contributed by atoms with Crippen LogP contribution in [0.25, 0.3) is 0 Å². The van der Waals surface area contributed by atoms with Crippen LogP contribution in [0, 0.1) is 0 Å². The molecule has 8 nitrogen and oxygen atoms in total. The minimum atomic E-state index is -1.77. The molecule has 0 heterocycles. The first-order valence-electron chi connectivity index (χ1n) is 4.01. The summed E-state index contributed by atoms with van der Waals surface area (Å²) < 4.78 is 4.13. The van der Waals surface area contributed by atoms with Gasteiger partial charge in [0.05, 0.1) is 6.61 Å².